The van der Waals surface area contributed by atoms with Crippen molar-refractivity contribution in [2.75, 3.05) is 17.7 Å². The van der Waals surface area contributed by atoms with Crippen LogP contribution in [0, 0.1) is 0 Å². The van der Waals surface area contributed by atoms with Crippen molar-refractivity contribution in [3.63, 3.8) is 0 Å². The van der Waals surface area contributed by atoms with Crippen LogP contribution in [-0.4, -0.2) is 23.0 Å². The van der Waals surface area contributed by atoms with E-state index in [0.29, 0.717) is 28.9 Å². The third-order valence-corrected chi connectivity index (χ3v) is 4.08. The van der Waals surface area contributed by atoms with Gasteiger partial charge in [0.25, 0.3) is 0 Å². The fraction of sp³-hybridized carbons (Fsp3) is 0.190. The molecular weight excluding hydrogens is 340 g/mol. The highest BCUT2D eigenvalue weighted by Crippen LogP contribution is 2.27. The molecule has 3 aromatic rings. The van der Waals surface area contributed by atoms with Gasteiger partial charge in [-0.2, -0.15) is 4.98 Å². The fourth-order valence-electron chi connectivity index (χ4n) is 2.74. The summed E-state index contributed by atoms with van der Waals surface area (Å²) in [6.07, 6.45) is 1.66. The van der Waals surface area contributed by atoms with Gasteiger partial charge in [-0.15, -0.1) is 0 Å². The van der Waals surface area contributed by atoms with Crippen molar-refractivity contribution >= 4 is 29.1 Å². The molecule has 27 heavy (non-hydrogen) atoms. The van der Waals surface area contributed by atoms with Crippen LogP contribution in [0.5, 0.6) is 0 Å². The van der Waals surface area contributed by atoms with Crippen LogP contribution in [0.15, 0.2) is 60.8 Å². The van der Waals surface area contributed by atoms with E-state index in [1.165, 1.54) is 12.7 Å². The standard InChI is InChI=1S/C21H22N4O2/c1-14(2)15-8-4-6-10-17(15)23-19-12-13-22-21(25-19)24-18-11-7-5-9-16(18)20(26)27-3/h4-14H,1-3H3,(H2,22,23,24,25). The number of rotatable bonds is 6. The average Bonchev–Trinajstić information content (AvgIpc) is 2.68. The Kier molecular flexibility index (Phi) is 5.66. The van der Waals surface area contributed by atoms with E-state index in [1.54, 1.807) is 30.5 Å². The lowest BCUT2D eigenvalue weighted by Crippen LogP contribution is -2.07. The first-order valence-corrected chi connectivity index (χ1v) is 8.72. The monoisotopic (exact) mass is 362 g/mol. The molecule has 2 aromatic carbocycles. The number of carbonyl (C=O) groups is 1. The lowest BCUT2D eigenvalue weighted by molar-refractivity contribution is 0.0602. The topological polar surface area (TPSA) is 76.1 Å². The summed E-state index contributed by atoms with van der Waals surface area (Å²) >= 11 is 0. The molecule has 0 radical (unpaired) electrons. The van der Waals surface area contributed by atoms with E-state index in [9.17, 15) is 4.79 Å². The number of hydrogen-bond acceptors (Lipinski definition) is 6. The predicted molar refractivity (Wildman–Crippen MR) is 107 cm³/mol. The third kappa shape index (κ3) is 4.41. The van der Waals surface area contributed by atoms with Gasteiger partial charge in [0.1, 0.15) is 5.82 Å². The summed E-state index contributed by atoms with van der Waals surface area (Å²) in [5.41, 5.74) is 3.23. The van der Waals surface area contributed by atoms with Gasteiger partial charge < -0.3 is 15.4 Å². The smallest absolute Gasteiger partial charge is 0.339 e. The number of nitrogens with zero attached hydrogens (tertiary/aromatic N) is 2. The molecule has 0 unspecified atom stereocenters. The highest BCUT2D eigenvalue weighted by atomic mass is 16.5. The van der Waals surface area contributed by atoms with Crippen molar-refractivity contribution in [2.45, 2.75) is 19.8 Å². The van der Waals surface area contributed by atoms with Crippen LogP contribution in [0.2, 0.25) is 0 Å². The Hall–Kier alpha value is -3.41. The molecule has 0 atom stereocenters. The molecule has 0 bridgehead atoms. The van der Waals surface area contributed by atoms with Crippen LogP contribution >= 0.6 is 0 Å². The summed E-state index contributed by atoms with van der Waals surface area (Å²) in [5.74, 6) is 1.02. The highest BCUT2D eigenvalue weighted by molar-refractivity contribution is 5.96. The minimum atomic E-state index is -0.418. The molecule has 0 aliphatic rings. The van der Waals surface area contributed by atoms with E-state index in [2.05, 4.69) is 40.5 Å². The molecule has 0 aliphatic heterocycles. The summed E-state index contributed by atoms with van der Waals surface area (Å²) in [7, 11) is 1.35. The number of nitrogens with one attached hydrogen (secondary N) is 2. The molecule has 0 aliphatic carbocycles. The Morgan fingerprint density at radius 2 is 1.67 bits per heavy atom. The maximum atomic E-state index is 11.9. The number of benzene rings is 2. The van der Waals surface area contributed by atoms with Gasteiger partial charge in [0, 0.05) is 11.9 Å². The van der Waals surface area contributed by atoms with Crippen LogP contribution in [0.3, 0.4) is 0 Å². The van der Waals surface area contributed by atoms with Crippen molar-refractivity contribution in [1.82, 2.24) is 9.97 Å². The number of ether oxygens (including phenoxy) is 1. The van der Waals surface area contributed by atoms with E-state index >= 15 is 0 Å². The van der Waals surface area contributed by atoms with Crippen LogP contribution in [0.4, 0.5) is 23.1 Å². The quantitative estimate of drug-likeness (QED) is 0.609. The first-order chi connectivity index (χ1) is 13.1. The molecule has 3 rings (SSSR count). The normalized spacial score (nSPS) is 10.5. The summed E-state index contributed by atoms with van der Waals surface area (Å²) < 4.78 is 4.82. The van der Waals surface area contributed by atoms with Gasteiger partial charge in [0.2, 0.25) is 5.95 Å². The molecule has 6 nitrogen and oxygen atoms in total. The molecule has 1 heterocycles. The zero-order valence-electron chi connectivity index (χ0n) is 15.6. The van der Waals surface area contributed by atoms with Gasteiger partial charge in [-0.25, -0.2) is 9.78 Å². The molecule has 1 aromatic heterocycles. The van der Waals surface area contributed by atoms with Gasteiger partial charge >= 0.3 is 5.97 Å². The van der Waals surface area contributed by atoms with Crippen molar-refractivity contribution in [1.29, 1.82) is 0 Å². The number of hydrogen-bond donors (Lipinski definition) is 2. The van der Waals surface area contributed by atoms with Crippen molar-refractivity contribution in [3.8, 4) is 0 Å². The van der Waals surface area contributed by atoms with E-state index in [-0.39, 0.29) is 0 Å². The van der Waals surface area contributed by atoms with Crippen molar-refractivity contribution < 1.29 is 9.53 Å². The molecule has 0 amide bonds. The molecule has 6 heteroatoms. The second-order valence-corrected chi connectivity index (χ2v) is 6.29. The van der Waals surface area contributed by atoms with Gasteiger partial charge in [-0.1, -0.05) is 44.2 Å². The molecule has 0 spiro atoms. The molecular formula is C21H22N4O2. The van der Waals surface area contributed by atoms with Crippen molar-refractivity contribution in [3.05, 3.63) is 71.9 Å². The summed E-state index contributed by atoms with van der Waals surface area (Å²) in [6, 6.07) is 17.0. The zero-order valence-corrected chi connectivity index (χ0v) is 15.6. The lowest BCUT2D eigenvalue weighted by atomic mass is 10.0. The SMILES string of the molecule is COC(=O)c1ccccc1Nc1nccc(Nc2ccccc2C(C)C)n1. The van der Waals surface area contributed by atoms with Crippen LogP contribution in [-0.2, 0) is 4.74 Å². The second-order valence-electron chi connectivity index (χ2n) is 6.29. The van der Waals surface area contributed by atoms with Crippen LogP contribution in [0.25, 0.3) is 0 Å². The number of methoxy groups -OCH3 is 1. The van der Waals surface area contributed by atoms with E-state index < -0.39 is 5.97 Å². The number of para-hydroxylation sites is 2. The Balaban J connectivity index is 1.85. The molecule has 2 N–H and O–H groups in total. The van der Waals surface area contributed by atoms with E-state index in [0.717, 1.165) is 5.69 Å². The summed E-state index contributed by atoms with van der Waals surface area (Å²) in [5, 5.41) is 6.43. The first kappa shape index (κ1) is 18.4. The third-order valence-electron chi connectivity index (χ3n) is 4.08. The fourth-order valence-corrected chi connectivity index (χ4v) is 2.74. The van der Waals surface area contributed by atoms with Gasteiger partial charge in [-0.05, 0) is 35.7 Å². The van der Waals surface area contributed by atoms with Gasteiger partial charge in [0.05, 0.1) is 18.4 Å². The largest absolute Gasteiger partial charge is 0.465 e. The number of carbonyl (C=O) groups excluding carboxylic acids is 1. The Labute approximate surface area is 158 Å². The second kappa shape index (κ2) is 8.31. The van der Waals surface area contributed by atoms with E-state index in [1.807, 2.05) is 24.3 Å². The van der Waals surface area contributed by atoms with Crippen molar-refractivity contribution in [2.24, 2.45) is 0 Å². The summed E-state index contributed by atoms with van der Waals surface area (Å²) in [6.45, 7) is 4.30. The lowest BCUT2D eigenvalue weighted by Gasteiger charge is -2.15. The zero-order chi connectivity index (χ0) is 19.2. The van der Waals surface area contributed by atoms with E-state index in [4.69, 9.17) is 4.74 Å². The summed E-state index contributed by atoms with van der Waals surface area (Å²) in [4.78, 5) is 20.7. The molecule has 0 saturated carbocycles. The number of esters is 1. The molecule has 0 saturated heterocycles. The predicted octanol–water partition coefficient (Wildman–Crippen LogP) is 4.87. The Morgan fingerprint density at radius 1 is 0.963 bits per heavy atom. The first-order valence-electron chi connectivity index (χ1n) is 8.72. The maximum Gasteiger partial charge on any atom is 0.339 e. The van der Waals surface area contributed by atoms with Crippen LogP contribution in [0.1, 0.15) is 35.7 Å². The molecule has 0 fully saturated rings. The maximum absolute atomic E-state index is 11.9. The average molecular weight is 362 g/mol. The Bertz CT molecular complexity index is 941. The van der Waals surface area contributed by atoms with Gasteiger partial charge in [0.15, 0.2) is 0 Å². The minimum Gasteiger partial charge on any atom is -0.465 e. The van der Waals surface area contributed by atoms with Crippen LogP contribution < -0.4 is 10.6 Å². The number of aromatic nitrogens is 2. The van der Waals surface area contributed by atoms with Gasteiger partial charge in [-0.3, -0.25) is 0 Å². The number of anilines is 4. The highest BCUT2D eigenvalue weighted by Gasteiger charge is 2.12. The Morgan fingerprint density at radius 3 is 2.41 bits per heavy atom. The minimum absolute atomic E-state index is 0.387. The molecule has 138 valence electrons.